The van der Waals surface area contributed by atoms with E-state index in [1.807, 2.05) is 24.3 Å². The van der Waals surface area contributed by atoms with Gasteiger partial charge in [-0.25, -0.2) is 0 Å². The van der Waals surface area contributed by atoms with Crippen molar-refractivity contribution in [2.75, 3.05) is 39.6 Å². The molecule has 1 N–H and O–H groups in total. The molecule has 0 radical (unpaired) electrons. The quantitative estimate of drug-likeness (QED) is 0.0117. The number of carboxylic acid groups (broad SMARTS) is 1. The van der Waals surface area contributed by atoms with Crippen molar-refractivity contribution in [1.82, 2.24) is 0 Å². The maximum absolute atomic E-state index is 12.2. The van der Waals surface area contributed by atoms with E-state index < -0.39 is 31.1 Å². The van der Waals surface area contributed by atoms with Gasteiger partial charge in [0.15, 0.2) is 25.2 Å². The highest BCUT2D eigenvalue weighted by atomic mass is 16.7. The van der Waals surface area contributed by atoms with E-state index in [2.05, 4.69) is 25.3 Å². The fourth-order valence-corrected chi connectivity index (χ4v) is 10.4. The summed E-state index contributed by atoms with van der Waals surface area (Å²) >= 11 is 0. The Morgan fingerprint density at radius 1 is 0.410 bits per heavy atom. The summed E-state index contributed by atoms with van der Waals surface area (Å²) in [5.41, 5.74) is 0. The molecule has 4 fully saturated rings. The highest BCUT2D eigenvalue weighted by Gasteiger charge is 2.47. The number of fused-ring (bicyclic) bond motifs is 2. The van der Waals surface area contributed by atoms with Crippen LogP contribution in [-0.2, 0) is 80.8 Å². The van der Waals surface area contributed by atoms with Crippen molar-refractivity contribution in [3.8, 4) is 0 Å². The molecule has 5 aliphatic carbocycles. The molecule has 2 saturated heterocycles. The summed E-state index contributed by atoms with van der Waals surface area (Å²) in [4.78, 5) is 58.8. The molecule has 0 aromatic heterocycles. The lowest BCUT2D eigenvalue weighted by atomic mass is 9.89. The van der Waals surface area contributed by atoms with Gasteiger partial charge < -0.3 is 61.9 Å². The highest BCUT2D eigenvalue weighted by Crippen LogP contribution is 2.41. The molecule has 7 rings (SSSR count). The van der Waals surface area contributed by atoms with E-state index in [1.54, 1.807) is 27.7 Å². The summed E-state index contributed by atoms with van der Waals surface area (Å²) in [6.07, 6.45) is 39.6. The highest BCUT2D eigenvalue weighted by molar-refractivity contribution is 5.74. The van der Waals surface area contributed by atoms with Crippen molar-refractivity contribution in [1.29, 1.82) is 0 Å². The lowest BCUT2D eigenvalue weighted by Gasteiger charge is -2.21. The third-order valence-corrected chi connectivity index (χ3v) is 15.6. The first-order valence-corrected chi connectivity index (χ1v) is 31.5. The fraction of sp³-hybridized carbons (Fsp3) is 0.769. The van der Waals surface area contributed by atoms with E-state index in [4.69, 9.17) is 61.9 Å². The van der Waals surface area contributed by atoms with Crippen molar-refractivity contribution < 1.29 is 85.9 Å². The van der Waals surface area contributed by atoms with Gasteiger partial charge in [0.05, 0.1) is 106 Å². The van der Waals surface area contributed by atoms with E-state index in [0.717, 1.165) is 174 Å². The van der Waals surface area contributed by atoms with Crippen LogP contribution in [0.5, 0.6) is 0 Å². The first-order chi connectivity index (χ1) is 40.3. The van der Waals surface area contributed by atoms with Gasteiger partial charge in [0, 0.05) is 0 Å². The number of esters is 4. The van der Waals surface area contributed by atoms with Gasteiger partial charge >= 0.3 is 29.8 Å². The van der Waals surface area contributed by atoms with Gasteiger partial charge in [-0.05, 0) is 175 Å². The average molecular weight is 1170 g/mol. The second-order valence-electron chi connectivity index (χ2n) is 22.5. The fourth-order valence-electron chi connectivity index (χ4n) is 10.4. The topological polar surface area (TPSA) is 223 Å². The number of rotatable bonds is 36. The van der Waals surface area contributed by atoms with Gasteiger partial charge in [-0.1, -0.05) is 75.3 Å². The van der Waals surface area contributed by atoms with Crippen LogP contribution in [0.1, 0.15) is 201 Å². The number of epoxide rings is 2. The van der Waals surface area contributed by atoms with Crippen molar-refractivity contribution in [2.24, 2.45) is 29.6 Å². The second-order valence-corrected chi connectivity index (χ2v) is 22.5. The predicted molar refractivity (Wildman–Crippen MR) is 313 cm³/mol. The Kier molecular flexibility index (Phi) is 36.8. The summed E-state index contributed by atoms with van der Waals surface area (Å²) in [5, 5.41) is 8.50. The Bertz CT molecular complexity index is 1820. The molecule has 2 heterocycles. The zero-order valence-corrected chi connectivity index (χ0v) is 50.8. The van der Waals surface area contributed by atoms with Crippen LogP contribution in [0.15, 0.2) is 62.1 Å². The molecule has 0 amide bonds. The average Bonchev–Trinajstić information content (AvgIpc) is 4.48. The van der Waals surface area contributed by atoms with Gasteiger partial charge in [0.2, 0.25) is 0 Å². The van der Waals surface area contributed by atoms with Crippen LogP contribution in [0, 0.1) is 29.6 Å². The Balaban J connectivity index is 0.000000266. The molecule has 2 saturated carbocycles. The Morgan fingerprint density at radius 2 is 0.711 bits per heavy atom. The molecular weight excluding hydrogens is 1070 g/mol. The molecule has 13 atom stereocenters. The summed E-state index contributed by atoms with van der Waals surface area (Å²) in [6, 6.07) is 0. The first kappa shape index (κ1) is 70.9. The van der Waals surface area contributed by atoms with E-state index in [1.165, 1.54) is 25.4 Å². The maximum atomic E-state index is 12.2. The minimum atomic E-state index is -0.653. The summed E-state index contributed by atoms with van der Waals surface area (Å²) in [5.74, 6) is -1.54. The van der Waals surface area contributed by atoms with Crippen molar-refractivity contribution in [3.63, 3.8) is 0 Å². The molecule has 0 aromatic rings. The van der Waals surface area contributed by atoms with Crippen LogP contribution in [0.2, 0.25) is 0 Å². The van der Waals surface area contributed by atoms with Crippen LogP contribution in [0.25, 0.3) is 0 Å². The van der Waals surface area contributed by atoms with E-state index in [0.29, 0.717) is 38.6 Å². The van der Waals surface area contributed by atoms with Gasteiger partial charge in [-0.15, -0.1) is 0 Å². The molecule has 0 spiro atoms. The molecule has 18 heteroatoms. The summed E-state index contributed by atoms with van der Waals surface area (Å²) in [7, 11) is 0. The number of carbonyl (C=O) groups excluding carboxylic acids is 4. The molecule has 0 aromatic carbocycles. The smallest absolute Gasteiger partial charge is 0.311 e. The molecule has 0 bridgehead atoms. The third kappa shape index (κ3) is 32.5. The number of carbonyl (C=O) groups is 5. The molecule has 83 heavy (non-hydrogen) atoms. The van der Waals surface area contributed by atoms with Crippen LogP contribution < -0.4 is 0 Å². The lowest BCUT2D eigenvalue weighted by Crippen LogP contribution is -2.28. The van der Waals surface area contributed by atoms with Crippen LogP contribution in [-0.4, -0.2) is 124 Å². The minimum absolute atomic E-state index is 0.0257. The Morgan fingerprint density at radius 3 is 0.976 bits per heavy atom. The van der Waals surface area contributed by atoms with Gasteiger partial charge in [-0.3, -0.25) is 24.0 Å². The van der Waals surface area contributed by atoms with E-state index in [-0.39, 0.29) is 65.7 Å². The summed E-state index contributed by atoms with van der Waals surface area (Å²) < 4.78 is 64.9. The number of hydrogen-bond acceptors (Lipinski definition) is 17. The van der Waals surface area contributed by atoms with Gasteiger partial charge in [-0.2, -0.15) is 0 Å². The monoisotopic (exact) mass is 1170 g/mol. The number of unbranched alkanes of at least 4 members (excludes halogenated alkanes) is 9. The van der Waals surface area contributed by atoms with Gasteiger partial charge in [0.25, 0.3) is 0 Å². The normalized spacial score (nSPS) is 25.8. The Hall–Kier alpha value is -4.59. The SMILES string of the molecule is C=COCCCCCCOC=C.CC(OCCCCCCOC(C)OC(=O)C1CC=CCC1)OC(=O)C1CC=CCC1.CC(OCCCCCCOC(C)OC(=O)C1CCC2OC2C1)OC(=O)C1CCC2OC2C1.O=C(O)C1CC=CCC1. The van der Waals surface area contributed by atoms with E-state index in [9.17, 15) is 24.0 Å². The zero-order chi connectivity index (χ0) is 59.9. The van der Waals surface area contributed by atoms with Crippen LogP contribution in [0.3, 0.4) is 0 Å². The van der Waals surface area contributed by atoms with Crippen molar-refractivity contribution >= 4 is 29.8 Å². The predicted octanol–water partition coefficient (Wildman–Crippen LogP) is 12.9. The Labute approximate surface area is 496 Å². The van der Waals surface area contributed by atoms with Crippen LogP contribution >= 0.6 is 0 Å². The standard InChI is InChI=1S/C24H38O8.C24H38O6.C10H18O2.C7H10O2/c1-15(29-23(25)17-7-9-19-21(13-17)31-19)27-11-5-3-4-6-12-28-16(2)30-24(26)18-8-10-20-22(14-18)32-20;1-19(29-23(25)21-13-7-5-8-14-21)27-17-11-3-4-12-18-28-20(2)30-24(26)22-15-9-6-10-16-22;1-3-11-9-7-5-6-8-10-12-4-2;8-7(9)6-4-2-1-3-5-6/h15-22H,3-14H2,1-2H3;5-7,9,19-22H,3-4,8,10-18H2,1-2H3;3-4H,1-2,5-10H2;1-2,6H,3-5H2,(H,8,9). The number of aliphatic carboxylic acids is 1. The number of allylic oxidation sites excluding steroid dienone is 6. The van der Waals surface area contributed by atoms with E-state index >= 15 is 0 Å². The molecular formula is C65H104O18. The lowest BCUT2D eigenvalue weighted by molar-refractivity contribution is -0.182. The first-order valence-electron chi connectivity index (χ1n) is 31.5. The molecule has 13 unspecified atom stereocenters. The number of ether oxygens (including phenoxy) is 12. The second kappa shape index (κ2) is 43.1. The molecule has 7 aliphatic rings. The largest absolute Gasteiger partial charge is 0.502 e. The number of carboxylic acids is 1. The van der Waals surface area contributed by atoms with Gasteiger partial charge in [0.1, 0.15) is 0 Å². The van der Waals surface area contributed by atoms with Crippen molar-refractivity contribution in [2.45, 2.75) is 251 Å². The zero-order valence-electron chi connectivity index (χ0n) is 50.8. The minimum Gasteiger partial charge on any atom is -0.502 e. The third-order valence-electron chi connectivity index (χ3n) is 15.6. The molecule has 2 aliphatic heterocycles. The summed E-state index contributed by atoms with van der Waals surface area (Å²) in [6.45, 7) is 17.9. The maximum Gasteiger partial charge on any atom is 0.311 e. The van der Waals surface area contributed by atoms with Crippen LogP contribution in [0.4, 0.5) is 0 Å². The number of hydrogen-bond donors (Lipinski definition) is 1. The molecule has 18 nitrogen and oxygen atoms in total. The van der Waals surface area contributed by atoms with Crippen molar-refractivity contribution in [3.05, 3.63) is 62.1 Å². The molecule has 472 valence electrons.